The van der Waals surface area contributed by atoms with Crippen LogP contribution >= 0.6 is 0 Å². The van der Waals surface area contributed by atoms with Crippen LogP contribution in [0.2, 0.25) is 0 Å². The number of rotatable bonds is 0. The second kappa shape index (κ2) is 16.8. The van der Waals surface area contributed by atoms with Crippen molar-refractivity contribution in [3.63, 3.8) is 0 Å². The zero-order valence-electron chi connectivity index (χ0n) is 4.44. The fraction of sp³-hybridized carbons (Fsp3) is 0. The summed E-state index contributed by atoms with van der Waals surface area (Å²) in [5.74, 6) is 0. The van der Waals surface area contributed by atoms with E-state index in [4.69, 9.17) is 10.2 Å². The van der Waals surface area contributed by atoms with Gasteiger partial charge in [0.25, 0.3) is 0 Å². The van der Waals surface area contributed by atoms with Gasteiger partial charge in [-0.05, 0) is 0 Å². The van der Waals surface area contributed by atoms with E-state index in [2.05, 4.69) is 9.47 Å². The second-order valence-electron chi connectivity index (χ2n) is 0.986. The van der Waals surface area contributed by atoms with Crippen molar-refractivity contribution in [3.8, 4) is 0 Å². The summed E-state index contributed by atoms with van der Waals surface area (Å²) in [7, 11) is 0. The van der Waals surface area contributed by atoms with Crippen molar-refractivity contribution in [2.24, 2.45) is 0 Å². The Morgan fingerprint density at radius 1 is 0.786 bits per heavy atom. The third-order valence-electron chi connectivity index (χ3n) is 0.341. The quantitative estimate of drug-likeness (QED) is 0.270. The Morgan fingerprint density at radius 3 is 1.14 bits per heavy atom. The van der Waals surface area contributed by atoms with Crippen LogP contribution in [0.1, 0.15) is 0 Å². The van der Waals surface area contributed by atoms with Crippen molar-refractivity contribution >= 4 is 115 Å². The van der Waals surface area contributed by atoms with E-state index < -0.39 is 18.5 Å². The Kier molecular flexibility index (Phi) is 35.5. The second-order valence-corrected chi connectivity index (χ2v) is 0.986. The summed E-state index contributed by atoms with van der Waals surface area (Å²) < 4.78 is 6.47. The molecule has 0 heterocycles. The topological polar surface area (TPSA) is 110 Å². The van der Waals surface area contributed by atoms with Gasteiger partial charge in [-0.3, -0.25) is 0 Å². The molecule has 0 amide bonds. The molecule has 64 valence electrons. The van der Waals surface area contributed by atoms with Gasteiger partial charge in [-0.15, -0.1) is 0 Å². The van der Waals surface area contributed by atoms with Gasteiger partial charge in [0.1, 0.15) is 0 Å². The molecule has 0 aliphatic rings. The molecule has 0 aromatic carbocycles. The van der Waals surface area contributed by atoms with Gasteiger partial charge in [0, 0.05) is 0 Å². The molecular weight excluding hydrogens is 208 g/mol. The Hall–Kier alpha value is 1.40. The van der Waals surface area contributed by atoms with E-state index in [1.165, 1.54) is 0 Å². The van der Waals surface area contributed by atoms with Crippen LogP contribution in [0, 0.1) is 0 Å². The Bertz CT molecular complexity index is 168. The van der Waals surface area contributed by atoms with Crippen LogP contribution < -0.4 is 0 Å². The van der Waals surface area contributed by atoms with Gasteiger partial charge in [0.15, 0.2) is 0 Å². The molecule has 0 saturated carbocycles. The SMILES string of the molecule is O=C(O)OC(=O)OC(=O)O.[LiH].[LiH].[NaH].[NaH]. The summed E-state index contributed by atoms with van der Waals surface area (Å²) in [6.45, 7) is 0. The third kappa shape index (κ3) is 23.3. The Labute approximate surface area is 147 Å². The molecule has 0 spiro atoms. The van der Waals surface area contributed by atoms with E-state index in [0.717, 1.165) is 0 Å². The number of carbonyl (C=O) groups excluding carboxylic acids is 1. The van der Waals surface area contributed by atoms with Crippen LogP contribution in [-0.2, 0) is 9.47 Å². The van der Waals surface area contributed by atoms with Gasteiger partial charge in [-0.25, -0.2) is 14.4 Å². The average Bonchev–Trinajstić information content (AvgIpc) is 1.58. The van der Waals surface area contributed by atoms with Crippen molar-refractivity contribution in [2.75, 3.05) is 0 Å². The standard InChI is InChI=1S/C3H2O7.2Li.2Na.4H/c4-1(5)9-3(8)10-2(6)7;;;;;;;;/h(H,4,5)(H,6,7);;;;;;;;. The zero-order valence-corrected chi connectivity index (χ0v) is 4.44. The fourth-order valence-electron chi connectivity index (χ4n) is 0.163. The molecular formula is C3H6Li2Na2O7. The summed E-state index contributed by atoms with van der Waals surface area (Å²) in [5.41, 5.74) is 0. The molecule has 11 heteroatoms. The summed E-state index contributed by atoms with van der Waals surface area (Å²) >= 11 is 0. The first kappa shape index (κ1) is 29.5. The summed E-state index contributed by atoms with van der Waals surface area (Å²) in [6, 6.07) is 0. The molecule has 2 N–H and O–H groups in total. The van der Waals surface area contributed by atoms with Gasteiger partial charge < -0.3 is 19.7 Å². The van der Waals surface area contributed by atoms with E-state index in [0.29, 0.717) is 0 Å². The van der Waals surface area contributed by atoms with Gasteiger partial charge >= 0.3 is 115 Å². The first-order valence-electron chi connectivity index (χ1n) is 1.88. The fourth-order valence-corrected chi connectivity index (χ4v) is 0.163. The van der Waals surface area contributed by atoms with Crippen molar-refractivity contribution in [3.05, 3.63) is 0 Å². The summed E-state index contributed by atoms with van der Waals surface area (Å²) in [5, 5.41) is 15.4. The number of carboxylic acid groups (broad SMARTS) is 2. The molecule has 0 saturated heterocycles. The number of hydrogen-bond acceptors (Lipinski definition) is 5. The molecule has 0 bridgehead atoms. The zero-order chi connectivity index (χ0) is 8.15. The molecule has 0 aromatic rings. The maximum absolute atomic E-state index is 9.86. The molecule has 0 rings (SSSR count). The van der Waals surface area contributed by atoms with Crippen LogP contribution in [0.5, 0.6) is 0 Å². The van der Waals surface area contributed by atoms with Gasteiger partial charge in [-0.1, -0.05) is 0 Å². The van der Waals surface area contributed by atoms with Crippen molar-refractivity contribution in [1.82, 2.24) is 0 Å². The van der Waals surface area contributed by atoms with E-state index in [-0.39, 0.29) is 96.8 Å². The Balaban J connectivity index is -0.0000000675. The normalized spacial score (nSPS) is 5.71. The van der Waals surface area contributed by atoms with Crippen LogP contribution in [0.15, 0.2) is 0 Å². The average molecular weight is 214 g/mol. The van der Waals surface area contributed by atoms with E-state index >= 15 is 0 Å². The first-order chi connectivity index (χ1) is 4.52. The van der Waals surface area contributed by atoms with Crippen molar-refractivity contribution in [1.29, 1.82) is 0 Å². The van der Waals surface area contributed by atoms with Crippen LogP contribution in [0.25, 0.3) is 0 Å². The molecule has 0 fully saturated rings. The van der Waals surface area contributed by atoms with E-state index in [9.17, 15) is 14.4 Å². The number of carbonyl (C=O) groups is 3. The molecule has 0 unspecified atom stereocenters. The third-order valence-corrected chi connectivity index (χ3v) is 0.341. The molecule has 0 aliphatic heterocycles. The number of hydrogen-bond donors (Lipinski definition) is 2. The molecule has 0 radical (unpaired) electrons. The van der Waals surface area contributed by atoms with Crippen molar-refractivity contribution in [2.45, 2.75) is 0 Å². The number of ether oxygens (including phenoxy) is 2. The van der Waals surface area contributed by atoms with Gasteiger partial charge in [-0.2, -0.15) is 0 Å². The molecule has 7 nitrogen and oxygen atoms in total. The minimum absolute atomic E-state index is 0. The van der Waals surface area contributed by atoms with Crippen molar-refractivity contribution < 1.29 is 34.1 Å². The molecule has 14 heavy (non-hydrogen) atoms. The van der Waals surface area contributed by atoms with Crippen LogP contribution in [0.4, 0.5) is 14.4 Å². The monoisotopic (exact) mass is 214 g/mol. The maximum atomic E-state index is 9.86. The van der Waals surface area contributed by atoms with Gasteiger partial charge in [0.2, 0.25) is 0 Å². The summed E-state index contributed by atoms with van der Waals surface area (Å²) in [4.78, 5) is 28.8. The molecule has 0 aromatic heterocycles. The van der Waals surface area contributed by atoms with E-state index in [1.54, 1.807) is 0 Å². The molecule has 0 atom stereocenters. The summed E-state index contributed by atoms with van der Waals surface area (Å²) in [6.07, 6.45) is -5.64. The molecule has 0 aliphatic carbocycles. The predicted molar refractivity (Wildman–Crippen MR) is 52.2 cm³/mol. The Morgan fingerprint density at radius 2 is 1.00 bits per heavy atom. The van der Waals surface area contributed by atoms with E-state index in [1.807, 2.05) is 0 Å². The minimum atomic E-state index is -1.92. The predicted octanol–water partition coefficient (Wildman–Crippen LogP) is -2.10. The van der Waals surface area contributed by atoms with Crippen LogP contribution in [0.3, 0.4) is 0 Å². The van der Waals surface area contributed by atoms with Gasteiger partial charge in [0.05, 0.1) is 0 Å². The van der Waals surface area contributed by atoms with Crippen LogP contribution in [-0.4, -0.2) is 126 Å². The first-order valence-corrected chi connectivity index (χ1v) is 1.88.